The van der Waals surface area contributed by atoms with Crippen molar-refractivity contribution in [2.24, 2.45) is 5.92 Å². The standard InChI is InChI=1S/C15H22N2O4.C2H6/c1-11(2)14(18)21-10-12-4-6-13(7-5-12)17-15(19)20-9-8-16-3;1-2/h4-7,11,16H,8-10H2,1-3H3,(H,17,19);1-2H3. The van der Waals surface area contributed by atoms with Crippen molar-refractivity contribution in [2.45, 2.75) is 34.3 Å². The van der Waals surface area contributed by atoms with Gasteiger partial charge in [-0.3, -0.25) is 10.1 Å². The number of benzene rings is 1. The highest BCUT2D eigenvalue weighted by molar-refractivity contribution is 5.84. The van der Waals surface area contributed by atoms with Crippen LogP contribution in [0.15, 0.2) is 24.3 Å². The summed E-state index contributed by atoms with van der Waals surface area (Å²) in [6, 6.07) is 7.05. The van der Waals surface area contributed by atoms with E-state index in [9.17, 15) is 9.59 Å². The van der Waals surface area contributed by atoms with E-state index in [0.717, 1.165) is 5.56 Å². The Labute approximate surface area is 138 Å². The molecule has 0 radical (unpaired) electrons. The molecule has 130 valence electrons. The molecule has 6 nitrogen and oxygen atoms in total. The molecule has 0 atom stereocenters. The lowest BCUT2D eigenvalue weighted by molar-refractivity contribution is -0.148. The van der Waals surface area contributed by atoms with E-state index in [1.807, 2.05) is 13.8 Å². The molecule has 0 fully saturated rings. The summed E-state index contributed by atoms with van der Waals surface area (Å²) in [5, 5.41) is 5.49. The summed E-state index contributed by atoms with van der Waals surface area (Å²) in [4.78, 5) is 22.8. The number of hydrogen-bond acceptors (Lipinski definition) is 5. The number of carbonyl (C=O) groups excluding carboxylic acids is 2. The fraction of sp³-hybridized carbons (Fsp3) is 0.529. The van der Waals surface area contributed by atoms with Crippen LogP contribution in [0.2, 0.25) is 0 Å². The second-order valence-electron chi connectivity index (χ2n) is 4.82. The number of nitrogens with one attached hydrogen (secondary N) is 2. The zero-order chi connectivity index (χ0) is 17.7. The van der Waals surface area contributed by atoms with Gasteiger partial charge in [0.15, 0.2) is 0 Å². The number of ether oxygens (including phenoxy) is 2. The van der Waals surface area contributed by atoms with Gasteiger partial charge in [-0.25, -0.2) is 4.79 Å². The van der Waals surface area contributed by atoms with E-state index in [-0.39, 0.29) is 18.5 Å². The highest BCUT2D eigenvalue weighted by atomic mass is 16.5. The summed E-state index contributed by atoms with van der Waals surface area (Å²) in [6.45, 7) is 8.72. The second kappa shape index (κ2) is 12.5. The van der Waals surface area contributed by atoms with Crippen molar-refractivity contribution in [1.29, 1.82) is 0 Å². The van der Waals surface area contributed by atoms with Crippen LogP contribution in [0, 0.1) is 5.92 Å². The Balaban J connectivity index is 0.00000232. The first-order valence-corrected chi connectivity index (χ1v) is 7.87. The van der Waals surface area contributed by atoms with Crippen LogP contribution in [-0.2, 0) is 20.9 Å². The average molecular weight is 324 g/mol. The van der Waals surface area contributed by atoms with E-state index >= 15 is 0 Å². The molecule has 0 heterocycles. The molecule has 0 bridgehead atoms. The van der Waals surface area contributed by atoms with Gasteiger partial charge in [0.05, 0.1) is 5.92 Å². The summed E-state index contributed by atoms with van der Waals surface area (Å²) in [5.74, 6) is -0.372. The molecule has 0 saturated carbocycles. The van der Waals surface area contributed by atoms with E-state index in [2.05, 4.69) is 10.6 Å². The van der Waals surface area contributed by atoms with Crippen molar-refractivity contribution >= 4 is 17.7 Å². The Kier molecular flexibility index (Phi) is 11.3. The van der Waals surface area contributed by atoms with Crippen molar-refractivity contribution in [1.82, 2.24) is 5.32 Å². The zero-order valence-electron chi connectivity index (χ0n) is 14.6. The van der Waals surface area contributed by atoms with Gasteiger partial charge >= 0.3 is 12.1 Å². The summed E-state index contributed by atoms with van der Waals surface area (Å²) in [5.41, 5.74) is 1.49. The van der Waals surface area contributed by atoms with Crippen LogP contribution < -0.4 is 10.6 Å². The molecule has 0 aliphatic carbocycles. The van der Waals surface area contributed by atoms with Crippen LogP contribution in [0.5, 0.6) is 0 Å². The lowest BCUT2D eigenvalue weighted by atomic mass is 10.2. The smallest absolute Gasteiger partial charge is 0.411 e. The number of amides is 1. The van der Waals surface area contributed by atoms with Gasteiger partial charge in [-0.15, -0.1) is 0 Å². The molecule has 0 aliphatic heterocycles. The first kappa shape index (κ1) is 20.9. The Bertz CT molecular complexity index is 458. The van der Waals surface area contributed by atoms with Gasteiger partial charge in [0.25, 0.3) is 0 Å². The van der Waals surface area contributed by atoms with E-state index in [1.54, 1.807) is 45.2 Å². The minimum absolute atomic E-state index is 0.140. The number of anilines is 1. The first-order valence-electron chi connectivity index (χ1n) is 7.87. The minimum atomic E-state index is -0.496. The van der Waals surface area contributed by atoms with Gasteiger partial charge in [-0.05, 0) is 24.7 Å². The fourth-order valence-electron chi connectivity index (χ4n) is 1.41. The Morgan fingerprint density at radius 1 is 1.09 bits per heavy atom. The molecule has 1 aromatic rings. The van der Waals surface area contributed by atoms with E-state index < -0.39 is 6.09 Å². The summed E-state index contributed by atoms with van der Waals surface area (Å²) >= 11 is 0. The van der Waals surface area contributed by atoms with Crippen LogP contribution in [-0.4, -0.2) is 32.3 Å². The molecular weight excluding hydrogens is 296 g/mol. The molecule has 0 spiro atoms. The van der Waals surface area contributed by atoms with Crippen molar-refractivity contribution in [2.75, 3.05) is 25.5 Å². The average Bonchev–Trinajstić information content (AvgIpc) is 2.56. The van der Waals surface area contributed by atoms with Crippen molar-refractivity contribution < 1.29 is 19.1 Å². The Morgan fingerprint density at radius 3 is 2.22 bits per heavy atom. The zero-order valence-corrected chi connectivity index (χ0v) is 14.6. The highest BCUT2D eigenvalue weighted by Gasteiger charge is 2.08. The van der Waals surface area contributed by atoms with Gasteiger partial charge in [-0.1, -0.05) is 39.8 Å². The molecule has 0 aromatic heterocycles. The van der Waals surface area contributed by atoms with E-state index in [1.165, 1.54) is 0 Å². The number of esters is 1. The normalized spacial score (nSPS) is 9.65. The third-order valence-electron chi connectivity index (χ3n) is 2.64. The SMILES string of the molecule is CC.CNCCOC(=O)Nc1ccc(COC(=O)C(C)C)cc1. The lowest BCUT2D eigenvalue weighted by Gasteiger charge is -2.09. The molecule has 1 amide bonds. The maximum absolute atomic E-state index is 11.4. The molecule has 2 N–H and O–H groups in total. The summed E-state index contributed by atoms with van der Waals surface area (Å²) in [6.07, 6.45) is -0.496. The molecule has 0 unspecified atom stereocenters. The molecule has 1 aromatic carbocycles. The van der Waals surface area contributed by atoms with Crippen LogP contribution in [0.1, 0.15) is 33.3 Å². The molecule has 0 saturated heterocycles. The van der Waals surface area contributed by atoms with Crippen LogP contribution >= 0.6 is 0 Å². The third-order valence-corrected chi connectivity index (χ3v) is 2.64. The summed E-state index contributed by atoms with van der Waals surface area (Å²) in [7, 11) is 1.78. The highest BCUT2D eigenvalue weighted by Crippen LogP contribution is 2.11. The van der Waals surface area contributed by atoms with Gasteiger partial charge in [0, 0.05) is 12.2 Å². The minimum Gasteiger partial charge on any atom is -0.461 e. The summed E-state index contributed by atoms with van der Waals surface area (Å²) < 4.78 is 10.1. The van der Waals surface area contributed by atoms with E-state index in [0.29, 0.717) is 18.8 Å². The van der Waals surface area contributed by atoms with Crippen molar-refractivity contribution in [3.8, 4) is 0 Å². The number of hydrogen-bond donors (Lipinski definition) is 2. The first-order chi connectivity index (χ1) is 11.0. The molecule has 0 aliphatic rings. The fourth-order valence-corrected chi connectivity index (χ4v) is 1.41. The predicted molar refractivity (Wildman–Crippen MR) is 91.3 cm³/mol. The number of likely N-dealkylation sites (N-methyl/N-ethyl adjacent to an activating group) is 1. The van der Waals surface area contributed by atoms with Gasteiger partial charge < -0.3 is 14.8 Å². The lowest BCUT2D eigenvalue weighted by Crippen LogP contribution is -2.20. The van der Waals surface area contributed by atoms with Gasteiger partial charge in [0.1, 0.15) is 13.2 Å². The topological polar surface area (TPSA) is 76.7 Å². The maximum Gasteiger partial charge on any atom is 0.411 e. The third kappa shape index (κ3) is 9.52. The van der Waals surface area contributed by atoms with Crippen molar-refractivity contribution in [3.05, 3.63) is 29.8 Å². The van der Waals surface area contributed by atoms with E-state index in [4.69, 9.17) is 9.47 Å². The number of rotatable bonds is 7. The molecule has 6 heteroatoms. The molecule has 1 rings (SSSR count). The quantitative estimate of drug-likeness (QED) is 0.595. The number of carbonyl (C=O) groups is 2. The Hall–Kier alpha value is -2.08. The monoisotopic (exact) mass is 324 g/mol. The maximum atomic E-state index is 11.4. The van der Waals surface area contributed by atoms with Crippen LogP contribution in [0.3, 0.4) is 0 Å². The largest absolute Gasteiger partial charge is 0.461 e. The molecular formula is C17H28N2O4. The van der Waals surface area contributed by atoms with Gasteiger partial charge in [-0.2, -0.15) is 0 Å². The van der Waals surface area contributed by atoms with Gasteiger partial charge in [0.2, 0.25) is 0 Å². The van der Waals surface area contributed by atoms with Crippen LogP contribution in [0.25, 0.3) is 0 Å². The van der Waals surface area contributed by atoms with Crippen molar-refractivity contribution in [3.63, 3.8) is 0 Å². The molecule has 23 heavy (non-hydrogen) atoms. The Morgan fingerprint density at radius 2 is 1.70 bits per heavy atom. The predicted octanol–water partition coefficient (Wildman–Crippen LogP) is 3.18. The second-order valence-corrected chi connectivity index (χ2v) is 4.82. The van der Waals surface area contributed by atoms with Crippen LogP contribution in [0.4, 0.5) is 10.5 Å².